The van der Waals surface area contributed by atoms with Crippen LogP contribution < -0.4 is 10.6 Å². The molecule has 1 fully saturated rings. The van der Waals surface area contributed by atoms with E-state index in [1.807, 2.05) is 0 Å². The van der Waals surface area contributed by atoms with E-state index in [4.69, 9.17) is 5.11 Å². The van der Waals surface area contributed by atoms with E-state index in [1.54, 1.807) is 24.3 Å². The van der Waals surface area contributed by atoms with E-state index >= 15 is 0 Å². The summed E-state index contributed by atoms with van der Waals surface area (Å²) in [5.74, 6) is -0.930. The normalized spacial score (nSPS) is 19.2. The van der Waals surface area contributed by atoms with Gasteiger partial charge in [0.25, 0.3) is 0 Å². The summed E-state index contributed by atoms with van der Waals surface area (Å²) in [5.41, 5.74) is 1.50. The third kappa shape index (κ3) is 3.73. The minimum absolute atomic E-state index is 0.136. The standard InChI is InChI=1S/C15H20N2O3/c1-15(2)9-12(15)17-14(20)16-8-7-10-3-5-11(6-4-10)13(18)19/h3-6,12H,7-9H2,1-2H3,(H,18,19)(H2,16,17,20). The first-order chi connectivity index (χ1) is 9.38. The molecule has 0 spiro atoms. The van der Waals surface area contributed by atoms with Gasteiger partial charge in [-0.3, -0.25) is 0 Å². The van der Waals surface area contributed by atoms with Gasteiger partial charge in [0.15, 0.2) is 0 Å². The van der Waals surface area contributed by atoms with Crippen molar-refractivity contribution in [3.8, 4) is 0 Å². The van der Waals surface area contributed by atoms with Crippen LogP contribution in [0.4, 0.5) is 4.79 Å². The lowest BCUT2D eigenvalue weighted by Gasteiger charge is -2.09. The smallest absolute Gasteiger partial charge is 0.335 e. The largest absolute Gasteiger partial charge is 0.478 e. The van der Waals surface area contributed by atoms with Gasteiger partial charge >= 0.3 is 12.0 Å². The van der Waals surface area contributed by atoms with Gasteiger partial charge in [-0.1, -0.05) is 26.0 Å². The molecule has 5 heteroatoms. The zero-order valence-corrected chi connectivity index (χ0v) is 11.8. The average Bonchev–Trinajstić information content (AvgIpc) is 2.96. The first kappa shape index (κ1) is 14.4. The highest BCUT2D eigenvalue weighted by Crippen LogP contribution is 2.44. The van der Waals surface area contributed by atoms with E-state index in [0.717, 1.165) is 12.0 Å². The van der Waals surface area contributed by atoms with Crippen molar-refractivity contribution in [3.63, 3.8) is 0 Å². The molecule has 2 rings (SSSR count). The van der Waals surface area contributed by atoms with Crippen LogP contribution in [-0.2, 0) is 6.42 Å². The molecule has 1 unspecified atom stereocenters. The van der Waals surface area contributed by atoms with Crippen molar-refractivity contribution in [3.05, 3.63) is 35.4 Å². The highest BCUT2D eigenvalue weighted by atomic mass is 16.4. The van der Waals surface area contributed by atoms with Gasteiger partial charge in [-0.05, 0) is 36.0 Å². The van der Waals surface area contributed by atoms with Crippen molar-refractivity contribution in [2.24, 2.45) is 5.41 Å². The van der Waals surface area contributed by atoms with Crippen molar-refractivity contribution < 1.29 is 14.7 Å². The van der Waals surface area contributed by atoms with Gasteiger partial charge in [-0.2, -0.15) is 0 Å². The molecular formula is C15H20N2O3. The lowest BCUT2D eigenvalue weighted by Crippen LogP contribution is -2.39. The number of benzene rings is 1. The van der Waals surface area contributed by atoms with Crippen LogP contribution in [-0.4, -0.2) is 29.7 Å². The topological polar surface area (TPSA) is 78.4 Å². The Kier molecular flexibility index (Phi) is 3.97. The molecule has 0 radical (unpaired) electrons. The second kappa shape index (κ2) is 5.53. The van der Waals surface area contributed by atoms with Crippen LogP contribution in [0.1, 0.15) is 36.2 Å². The SMILES string of the molecule is CC1(C)CC1NC(=O)NCCc1ccc(C(=O)O)cc1. The summed E-state index contributed by atoms with van der Waals surface area (Å²) in [6.07, 6.45) is 1.71. The summed E-state index contributed by atoms with van der Waals surface area (Å²) in [4.78, 5) is 22.3. The molecule has 1 atom stereocenters. The average molecular weight is 276 g/mol. The molecule has 108 valence electrons. The van der Waals surface area contributed by atoms with Gasteiger partial charge in [-0.15, -0.1) is 0 Å². The number of nitrogens with one attached hydrogen (secondary N) is 2. The number of carboxylic acids is 1. The fourth-order valence-electron chi connectivity index (χ4n) is 2.06. The van der Waals surface area contributed by atoms with Crippen LogP contribution in [0.15, 0.2) is 24.3 Å². The van der Waals surface area contributed by atoms with Crippen LogP contribution in [0.5, 0.6) is 0 Å². The zero-order chi connectivity index (χ0) is 14.8. The number of carbonyl (C=O) groups excluding carboxylic acids is 1. The number of rotatable bonds is 5. The van der Waals surface area contributed by atoms with E-state index in [9.17, 15) is 9.59 Å². The molecule has 1 aromatic carbocycles. The number of carboxylic acid groups (broad SMARTS) is 1. The monoisotopic (exact) mass is 276 g/mol. The van der Waals surface area contributed by atoms with Gasteiger partial charge in [-0.25, -0.2) is 9.59 Å². The zero-order valence-electron chi connectivity index (χ0n) is 11.8. The number of hydrogen-bond donors (Lipinski definition) is 3. The van der Waals surface area contributed by atoms with Gasteiger partial charge < -0.3 is 15.7 Å². The maximum Gasteiger partial charge on any atom is 0.335 e. The third-order valence-corrected chi connectivity index (χ3v) is 3.72. The van der Waals surface area contributed by atoms with Crippen LogP contribution >= 0.6 is 0 Å². The molecule has 0 saturated heterocycles. The first-order valence-corrected chi connectivity index (χ1v) is 6.75. The Morgan fingerprint density at radius 3 is 2.40 bits per heavy atom. The van der Waals surface area contributed by atoms with Crippen LogP contribution in [0, 0.1) is 5.41 Å². The molecule has 0 heterocycles. The molecule has 0 bridgehead atoms. The Hall–Kier alpha value is -2.04. The molecule has 1 aliphatic carbocycles. The fraction of sp³-hybridized carbons (Fsp3) is 0.467. The van der Waals surface area contributed by atoms with E-state index < -0.39 is 5.97 Å². The van der Waals surface area contributed by atoms with Gasteiger partial charge in [0.05, 0.1) is 5.56 Å². The molecular weight excluding hydrogens is 256 g/mol. The summed E-state index contributed by atoms with van der Waals surface area (Å²) >= 11 is 0. The maximum absolute atomic E-state index is 11.6. The Labute approximate surface area is 118 Å². The minimum atomic E-state index is -0.930. The van der Waals surface area contributed by atoms with Crippen molar-refractivity contribution in [2.75, 3.05) is 6.54 Å². The first-order valence-electron chi connectivity index (χ1n) is 6.75. The van der Waals surface area contributed by atoms with Crippen LogP contribution in [0.2, 0.25) is 0 Å². The molecule has 1 aliphatic rings. The molecule has 0 aromatic heterocycles. The predicted molar refractivity (Wildman–Crippen MR) is 75.8 cm³/mol. The second-order valence-electron chi connectivity index (χ2n) is 5.90. The highest BCUT2D eigenvalue weighted by molar-refractivity contribution is 5.87. The molecule has 0 aliphatic heterocycles. The summed E-state index contributed by atoms with van der Waals surface area (Å²) in [7, 11) is 0. The van der Waals surface area contributed by atoms with E-state index in [2.05, 4.69) is 24.5 Å². The van der Waals surface area contributed by atoms with Crippen LogP contribution in [0.25, 0.3) is 0 Å². The maximum atomic E-state index is 11.6. The van der Waals surface area contributed by atoms with Crippen molar-refractivity contribution in [2.45, 2.75) is 32.7 Å². The Balaban J connectivity index is 1.70. The number of aromatic carboxylic acids is 1. The summed E-state index contributed by atoms with van der Waals surface area (Å²) in [5, 5.41) is 14.5. The number of amides is 2. The van der Waals surface area contributed by atoms with Crippen molar-refractivity contribution >= 4 is 12.0 Å². The summed E-state index contributed by atoms with van der Waals surface area (Å²) < 4.78 is 0. The predicted octanol–water partition coefficient (Wildman–Crippen LogP) is 2.02. The summed E-state index contributed by atoms with van der Waals surface area (Å²) in [6.45, 7) is 4.79. The number of hydrogen-bond acceptors (Lipinski definition) is 2. The fourth-order valence-corrected chi connectivity index (χ4v) is 2.06. The number of urea groups is 1. The minimum Gasteiger partial charge on any atom is -0.478 e. The molecule has 2 amide bonds. The molecule has 1 aromatic rings. The highest BCUT2D eigenvalue weighted by Gasteiger charge is 2.46. The quantitative estimate of drug-likeness (QED) is 0.770. The van der Waals surface area contributed by atoms with E-state index in [-0.39, 0.29) is 23.1 Å². The lowest BCUT2D eigenvalue weighted by molar-refractivity contribution is 0.0697. The van der Waals surface area contributed by atoms with E-state index in [0.29, 0.717) is 13.0 Å². The van der Waals surface area contributed by atoms with Crippen molar-refractivity contribution in [1.82, 2.24) is 10.6 Å². The molecule has 3 N–H and O–H groups in total. The summed E-state index contributed by atoms with van der Waals surface area (Å²) in [6, 6.07) is 6.83. The van der Waals surface area contributed by atoms with E-state index in [1.165, 1.54) is 0 Å². The molecule has 20 heavy (non-hydrogen) atoms. The van der Waals surface area contributed by atoms with Gasteiger partial charge in [0.2, 0.25) is 0 Å². The molecule has 5 nitrogen and oxygen atoms in total. The number of carbonyl (C=O) groups is 2. The van der Waals surface area contributed by atoms with Gasteiger partial charge in [0.1, 0.15) is 0 Å². The van der Waals surface area contributed by atoms with Crippen LogP contribution in [0.3, 0.4) is 0 Å². The lowest BCUT2D eigenvalue weighted by atomic mass is 10.1. The van der Waals surface area contributed by atoms with Gasteiger partial charge in [0, 0.05) is 12.6 Å². The Morgan fingerprint density at radius 2 is 1.90 bits per heavy atom. The Morgan fingerprint density at radius 1 is 1.30 bits per heavy atom. The second-order valence-corrected chi connectivity index (χ2v) is 5.90. The van der Waals surface area contributed by atoms with Crippen molar-refractivity contribution in [1.29, 1.82) is 0 Å². The Bertz CT molecular complexity index is 508. The molecule has 1 saturated carbocycles. The third-order valence-electron chi connectivity index (χ3n) is 3.72.